The first-order valence-electron chi connectivity index (χ1n) is 13.4. The van der Waals surface area contributed by atoms with E-state index in [4.69, 9.17) is 9.97 Å². The van der Waals surface area contributed by atoms with E-state index in [9.17, 15) is 5.11 Å². The molecule has 0 amide bonds. The number of nitrogens with zero attached hydrogens (tertiary/aromatic N) is 4. The smallest absolute Gasteiger partial charge is 0.224 e. The number of fused-ring (bicyclic) bond motifs is 2. The minimum atomic E-state index is -0.171. The van der Waals surface area contributed by atoms with Crippen LogP contribution in [0.3, 0.4) is 0 Å². The van der Waals surface area contributed by atoms with Gasteiger partial charge >= 0.3 is 0 Å². The molecule has 0 radical (unpaired) electrons. The van der Waals surface area contributed by atoms with E-state index >= 15 is 0 Å². The Morgan fingerprint density at radius 1 is 1.00 bits per heavy atom. The average Bonchev–Trinajstić information content (AvgIpc) is 3.40. The fraction of sp³-hybridized carbons (Fsp3) is 0.667. The van der Waals surface area contributed by atoms with Crippen LogP contribution < -0.4 is 10.6 Å². The minimum Gasteiger partial charge on any atom is -0.393 e. The highest BCUT2D eigenvalue weighted by Gasteiger charge is 2.38. The summed E-state index contributed by atoms with van der Waals surface area (Å²) in [5, 5.41) is 17.0. The summed E-state index contributed by atoms with van der Waals surface area (Å²) in [6.45, 7) is 5.37. The van der Waals surface area contributed by atoms with E-state index in [0.717, 1.165) is 74.2 Å². The molecule has 2 aromatic heterocycles. The Morgan fingerprint density at radius 3 is 2.38 bits per heavy atom. The maximum absolute atomic E-state index is 9.91. The Labute approximate surface area is 203 Å². The summed E-state index contributed by atoms with van der Waals surface area (Å²) >= 11 is 0. The van der Waals surface area contributed by atoms with Crippen LogP contribution in [0.1, 0.15) is 83.6 Å². The first kappa shape index (κ1) is 23.5. The van der Waals surface area contributed by atoms with Crippen molar-refractivity contribution in [2.24, 2.45) is 0 Å². The zero-order valence-corrected chi connectivity index (χ0v) is 20.7. The molecule has 7 nitrogen and oxygen atoms in total. The number of hydrogen-bond donors (Lipinski definition) is 3. The van der Waals surface area contributed by atoms with Crippen molar-refractivity contribution in [3.8, 4) is 11.3 Å². The quantitative estimate of drug-likeness (QED) is 0.482. The predicted molar refractivity (Wildman–Crippen MR) is 137 cm³/mol. The highest BCUT2D eigenvalue weighted by molar-refractivity contribution is 5.73. The van der Waals surface area contributed by atoms with Gasteiger partial charge in [0.15, 0.2) is 0 Å². The van der Waals surface area contributed by atoms with Gasteiger partial charge in [-0.05, 0) is 76.3 Å². The summed E-state index contributed by atoms with van der Waals surface area (Å²) in [4.78, 5) is 17.0. The summed E-state index contributed by atoms with van der Waals surface area (Å²) < 4.78 is 0. The second-order valence-electron chi connectivity index (χ2n) is 10.6. The fourth-order valence-electron chi connectivity index (χ4n) is 6.05. The maximum atomic E-state index is 9.91. The zero-order valence-electron chi connectivity index (χ0n) is 20.7. The molecule has 2 bridgehead atoms. The summed E-state index contributed by atoms with van der Waals surface area (Å²) in [5.41, 5.74) is 3.12. The summed E-state index contributed by atoms with van der Waals surface area (Å²) in [6.07, 6.45) is 15.0. The number of pyridine rings is 1. The van der Waals surface area contributed by atoms with Gasteiger partial charge in [-0.15, -0.1) is 0 Å². The summed E-state index contributed by atoms with van der Waals surface area (Å²) in [7, 11) is 0. The van der Waals surface area contributed by atoms with Gasteiger partial charge < -0.3 is 15.7 Å². The van der Waals surface area contributed by atoms with E-state index in [1.807, 2.05) is 12.4 Å². The van der Waals surface area contributed by atoms with Crippen LogP contribution >= 0.6 is 0 Å². The van der Waals surface area contributed by atoms with E-state index in [2.05, 4.69) is 46.5 Å². The molecule has 2 aliphatic heterocycles. The van der Waals surface area contributed by atoms with Crippen LogP contribution in [0, 0.1) is 0 Å². The molecule has 0 unspecified atom stereocenters. The third-order valence-electron chi connectivity index (χ3n) is 7.99. The van der Waals surface area contributed by atoms with E-state index in [0.29, 0.717) is 18.0 Å². The molecule has 5 rings (SSSR count). The van der Waals surface area contributed by atoms with Gasteiger partial charge in [0.2, 0.25) is 5.95 Å². The van der Waals surface area contributed by atoms with E-state index < -0.39 is 0 Å². The fourth-order valence-corrected chi connectivity index (χ4v) is 6.05. The molecular weight excluding hydrogens is 424 g/mol. The van der Waals surface area contributed by atoms with Gasteiger partial charge in [0, 0.05) is 43.1 Å². The van der Waals surface area contributed by atoms with Gasteiger partial charge in [0.25, 0.3) is 0 Å². The third kappa shape index (κ3) is 5.36. The molecule has 184 valence electrons. The Kier molecular flexibility index (Phi) is 7.30. The van der Waals surface area contributed by atoms with Crippen molar-refractivity contribution in [3.05, 3.63) is 30.1 Å². The summed E-state index contributed by atoms with van der Waals surface area (Å²) in [6, 6.07) is 6.52. The molecule has 3 fully saturated rings. The number of nitrogens with one attached hydrogen (secondary N) is 2. The van der Waals surface area contributed by atoms with Crippen LogP contribution in [0.4, 0.5) is 11.8 Å². The SMILES string of the molecule is CCC[C@H](C)Nc1ncc(-c2ccc(CN3C4CCC3CC4)cn2)c(NC2CCC(O)CC2)n1. The molecular formula is C27H40N6O. The first-order chi connectivity index (χ1) is 16.6. The number of hydrogen-bond acceptors (Lipinski definition) is 7. The number of anilines is 2. The largest absolute Gasteiger partial charge is 0.393 e. The van der Waals surface area contributed by atoms with E-state index in [-0.39, 0.29) is 6.10 Å². The van der Waals surface area contributed by atoms with Gasteiger partial charge in [-0.2, -0.15) is 4.98 Å². The molecule has 1 saturated carbocycles. The molecule has 3 aliphatic rings. The number of aliphatic hydroxyl groups excluding tert-OH is 1. The molecule has 1 atom stereocenters. The lowest BCUT2D eigenvalue weighted by atomic mass is 9.93. The van der Waals surface area contributed by atoms with Gasteiger partial charge in [-0.3, -0.25) is 9.88 Å². The highest BCUT2D eigenvalue weighted by atomic mass is 16.3. The van der Waals surface area contributed by atoms with E-state index in [1.165, 1.54) is 31.2 Å². The van der Waals surface area contributed by atoms with Gasteiger partial charge in [0.1, 0.15) is 5.82 Å². The molecule has 4 heterocycles. The lowest BCUT2D eigenvalue weighted by Gasteiger charge is -2.27. The molecule has 1 aliphatic carbocycles. The Bertz CT molecular complexity index is 923. The van der Waals surface area contributed by atoms with Crippen molar-refractivity contribution in [3.63, 3.8) is 0 Å². The Balaban J connectivity index is 1.34. The lowest BCUT2D eigenvalue weighted by Crippen LogP contribution is -2.29. The Hall–Kier alpha value is -2.25. The molecule has 2 aromatic rings. The van der Waals surface area contributed by atoms with Crippen LogP contribution in [0.15, 0.2) is 24.5 Å². The number of aromatic nitrogens is 3. The normalized spacial score (nSPS) is 27.6. The Morgan fingerprint density at radius 2 is 1.74 bits per heavy atom. The topological polar surface area (TPSA) is 86.2 Å². The predicted octanol–water partition coefficient (Wildman–Crippen LogP) is 4.98. The average molecular weight is 465 g/mol. The lowest BCUT2D eigenvalue weighted by molar-refractivity contribution is 0.126. The van der Waals surface area contributed by atoms with Gasteiger partial charge in [0.05, 0.1) is 17.4 Å². The second-order valence-corrected chi connectivity index (χ2v) is 10.6. The highest BCUT2D eigenvalue weighted by Crippen LogP contribution is 2.38. The number of aliphatic hydroxyl groups is 1. The monoisotopic (exact) mass is 464 g/mol. The van der Waals surface area contributed by atoms with Crippen molar-refractivity contribution in [2.45, 2.75) is 115 Å². The van der Waals surface area contributed by atoms with Crippen LogP contribution in [0.2, 0.25) is 0 Å². The van der Waals surface area contributed by atoms with Crippen LogP contribution in [-0.4, -0.2) is 55.2 Å². The molecule has 2 saturated heterocycles. The first-order valence-corrected chi connectivity index (χ1v) is 13.4. The number of rotatable bonds is 9. The zero-order chi connectivity index (χ0) is 23.5. The molecule has 0 aromatic carbocycles. The van der Waals surface area contributed by atoms with Crippen LogP contribution in [0.5, 0.6) is 0 Å². The molecule has 0 spiro atoms. The van der Waals surface area contributed by atoms with Crippen LogP contribution in [-0.2, 0) is 6.54 Å². The minimum absolute atomic E-state index is 0.171. The maximum Gasteiger partial charge on any atom is 0.224 e. The van der Waals surface area contributed by atoms with Crippen molar-refractivity contribution < 1.29 is 5.11 Å². The van der Waals surface area contributed by atoms with Crippen molar-refractivity contribution in [1.82, 2.24) is 19.9 Å². The molecule has 34 heavy (non-hydrogen) atoms. The van der Waals surface area contributed by atoms with Crippen LogP contribution in [0.25, 0.3) is 11.3 Å². The van der Waals surface area contributed by atoms with Gasteiger partial charge in [-0.1, -0.05) is 19.4 Å². The van der Waals surface area contributed by atoms with E-state index in [1.54, 1.807) is 0 Å². The molecule has 3 N–H and O–H groups in total. The second kappa shape index (κ2) is 10.6. The van der Waals surface area contributed by atoms with Crippen molar-refractivity contribution >= 4 is 11.8 Å². The van der Waals surface area contributed by atoms with Gasteiger partial charge in [-0.25, -0.2) is 4.98 Å². The molecule has 7 heteroatoms. The standard InChI is InChI=1S/C27H40N6O/c1-3-4-18(2)30-27-29-16-24(26(32-27)31-20-6-12-23(34)13-7-20)25-14-5-19(15-28-25)17-33-21-8-9-22(33)11-10-21/h5,14-16,18,20-23,34H,3-4,6-13,17H2,1-2H3,(H2,29,30,31,32)/t18-,20?,21?,22?,23?/m0/s1. The van der Waals surface area contributed by atoms with Crippen molar-refractivity contribution in [1.29, 1.82) is 0 Å². The third-order valence-corrected chi connectivity index (χ3v) is 7.99. The summed E-state index contributed by atoms with van der Waals surface area (Å²) in [5.74, 6) is 1.49. The van der Waals surface area contributed by atoms with Crippen molar-refractivity contribution in [2.75, 3.05) is 10.6 Å².